The smallest absolute Gasteiger partial charge is 0.0991 e. The number of rotatable bonds is 4. The summed E-state index contributed by atoms with van der Waals surface area (Å²) in [5.41, 5.74) is 4.37. The predicted octanol–water partition coefficient (Wildman–Crippen LogP) is 4.81. The van der Waals surface area contributed by atoms with E-state index < -0.39 is 0 Å². The highest BCUT2D eigenvalue weighted by Gasteiger charge is 2.01. The molecule has 0 aromatic heterocycles. The van der Waals surface area contributed by atoms with Gasteiger partial charge >= 0.3 is 0 Å². The van der Waals surface area contributed by atoms with E-state index in [9.17, 15) is 0 Å². The highest BCUT2D eigenvalue weighted by Crippen LogP contribution is 2.21. The van der Waals surface area contributed by atoms with E-state index in [0.29, 0.717) is 5.56 Å². The second-order valence-electron chi connectivity index (χ2n) is 5.32. The van der Waals surface area contributed by atoms with Crippen LogP contribution in [0.15, 0.2) is 48.5 Å². The van der Waals surface area contributed by atoms with Crippen molar-refractivity contribution in [1.82, 2.24) is 0 Å². The minimum atomic E-state index is 0.710. The van der Waals surface area contributed by atoms with E-state index in [2.05, 4.69) is 44.2 Å². The summed E-state index contributed by atoms with van der Waals surface area (Å²) in [6, 6.07) is 18.6. The normalized spacial score (nSPS) is 10.4. The van der Waals surface area contributed by atoms with Gasteiger partial charge in [0.05, 0.1) is 11.6 Å². The van der Waals surface area contributed by atoms with Crippen molar-refractivity contribution in [3.8, 4) is 17.2 Å². The topological polar surface area (TPSA) is 23.8 Å². The van der Waals surface area contributed by atoms with Gasteiger partial charge in [0.15, 0.2) is 0 Å². The Morgan fingerprint density at radius 1 is 1.00 bits per heavy atom. The lowest BCUT2D eigenvalue weighted by Gasteiger charge is -2.06. The Balaban J connectivity index is 2.15. The van der Waals surface area contributed by atoms with Crippen molar-refractivity contribution < 1.29 is 0 Å². The van der Waals surface area contributed by atoms with E-state index in [0.717, 1.165) is 17.9 Å². The summed E-state index contributed by atoms with van der Waals surface area (Å²) in [6.07, 6.45) is 2.36. The Morgan fingerprint density at radius 2 is 1.74 bits per heavy atom. The van der Waals surface area contributed by atoms with Gasteiger partial charge in [0.2, 0.25) is 0 Å². The summed E-state index contributed by atoms with van der Waals surface area (Å²) in [7, 11) is 0. The van der Waals surface area contributed by atoms with Crippen LogP contribution in [-0.4, -0.2) is 0 Å². The van der Waals surface area contributed by atoms with Gasteiger partial charge in [-0.25, -0.2) is 0 Å². The summed E-state index contributed by atoms with van der Waals surface area (Å²) < 4.78 is 0. The molecule has 0 aliphatic carbocycles. The van der Waals surface area contributed by atoms with Gasteiger partial charge in [-0.3, -0.25) is 0 Å². The van der Waals surface area contributed by atoms with E-state index in [1.807, 2.05) is 24.3 Å². The van der Waals surface area contributed by atoms with Crippen LogP contribution in [0.3, 0.4) is 0 Å². The van der Waals surface area contributed by atoms with Gasteiger partial charge in [0.1, 0.15) is 0 Å². The van der Waals surface area contributed by atoms with Crippen molar-refractivity contribution in [2.45, 2.75) is 26.7 Å². The third-order valence-electron chi connectivity index (χ3n) is 3.29. The lowest BCUT2D eigenvalue weighted by atomic mass is 9.99. The molecule has 96 valence electrons. The predicted molar refractivity (Wildman–Crippen MR) is 79.8 cm³/mol. The van der Waals surface area contributed by atoms with Gasteiger partial charge in [-0.2, -0.15) is 5.26 Å². The van der Waals surface area contributed by atoms with Crippen molar-refractivity contribution >= 4 is 0 Å². The van der Waals surface area contributed by atoms with Crippen molar-refractivity contribution in [2.24, 2.45) is 5.92 Å². The summed E-state index contributed by atoms with van der Waals surface area (Å²) in [5, 5.41) is 8.92. The lowest BCUT2D eigenvalue weighted by molar-refractivity contribution is 0.587. The van der Waals surface area contributed by atoms with Crippen LogP contribution in [0.2, 0.25) is 0 Å². The number of nitriles is 1. The quantitative estimate of drug-likeness (QED) is 0.762. The highest BCUT2D eigenvalue weighted by atomic mass is 14.2. The molecular formula is C18H19N. The van der Waals surface area contributed by atoms with E-state index >= 15 is 0 Å². The molecule has 0 bridgehead atoms. The molecule has 2 aromatic rings. The molecule has 0 amide bonds. The summed E-state index contributed by atoms with van der Waals surface area (Å²) in [4.78, 5) is 0. The van der Waals surface area contributed by atoms with Crippen molar-refractivity contribution in [3.63, 3.8) is 0 Å². The fourth-order valence-corrected chi connectivity index (χ4v) is 2.09. The molecule has 0 atom stereocenters. The molecule has 1 heteroatoms. The molecule has 19 heavy (non-hydrogen) atoms. The van der Waals surface area contributed by atoms with Gasteiger partial charge in [0.25, 0.3) is 0 Å². The monoisotopic (exact) mass is 249 g/mol. The van der Waals surface area contributed by atoms with Crippen LogP contribution >= 0.6 is 0 Å². The van der Waals surface area contributed by atoms with Gasteiger partial charge in [-0.05, 0) is 47.6 Å². The molecule has 0 spiro atoms. The molecular weight excluding hydrogens is 230 g/mol. The first-order chi connectivity index (χ1) is 9.19. The number of nitrogens with zero attached hydrogens (tertiary/aromatic N) is 1. The molecule has 1 nitrogen and oxygen atoms in total. The van der Waals surface area contributed by atoms with E-state index in [1.165, 1.54) is 17.5 Å². The van der Waals surface area contributed by atoms with Gasteiger partial charge in [-0.1, -0.05) is 50.2 Å². The first-order valence-corrected chi connectivity index (χ1v) is 6.78. The molecule has 0 aliphatic rings. The molecule has 0 aliphatic heterocycles. The first-order valence-electron chi connectivity index (χ1n) is 6.78. The maximum Gasteiger partial charge on any atom is 0.0991 e. The maximum absolute atomic E-state index is 8.92. The fourth-order valence-electron chi connectivity index (χ4n) is 2.09. The highest BCUT2D eigenvalue weighted by molar-refractivity contribution is 5.65. The average molecular weight is 249 g/mol. The fraction of sp³-hybridized carbons (Fsp3) is 0.278. The summed E-state index contributed by atoms with van der Waals surface area (Å²) >= 11 is 0. The van der Waals surface area contributed by atoms with Crippen LogP contribution in [0, 0.1) is 17.2 Å². The van der Waals surface area contributed by atoms with Crippen LogP contribution in [0.25, 0.3) is 11.1 Å². The third-order valence-corrected chi connectivity index (χ3v) is 3.29. The van der Waals surface area contributed by atoms with E-state index in [4.69, 9.17) is 5.26 Å². The number of hydrogen-bond donors (Lipinski definition) is 0. The van der Waals surface area contributed by atoms with Crippen molar-refractivity contribution in [1.29, 1.82) is 5.26 Å². The van der Waals surface area contributed by atoms with Crippen molar-refractivity contribution in [2.75, 3.05) is 0 Å². The SMILES string of the molecule is CC(C)CCc1ccc(-c2cccc(C#N)c2)cc1. The number of aryl methyl sites for hydroxylation is 1. The van der Waals surface area contributed by atoms with Gasteiger partial charge < -0.3 is 0 Å². The van der Waals surface area contributed by atoms with Crippen LogP contribution in [-0.2, 0) is 6.42 Å². The molecule has 0 saturated carbocycles. The zero-order valence-electron chi connectivity index (χ0n) is 11.6. The Bertz CT molecular complexity index is 573. The van der Waals surface area contributed by atoms with E-state index in [-0.39, 0.29) is 0 Å². The molecule has 0 N–H and O–H groups in total. The largest absolute Gasteiger partial charge is 0.192 e. The Kier molecular flexibility index (Phi) is 4.36. The molecule has 0 heterocycles. The van der Waals surface area contributed by atoms with Gasteiger partial charge in [0, 0.05) is 0 Å². The minimum Gasteiger partial charge on any atom is -0.192 e. The molecule has 2 rings (SSSR count). The third kappa shape index (κ3) is 3.69. The maximum atomic E-state index is 8.92. The molecule has 0 saturated heterocycles. The van der Waals surface area contributed by atoms with Crippen LogP contribution in [0.1, 0.15) is 31.4 Å². The van der Waals surface area contributed by atoms with Crippen LogP contribution in [0.4, 0.5) is 0 Å². The Morgan fingerprint density at radius 3 is 2.37 bits per heavy atom. The molecule has 0 unspecified atom stereocenters. The second-order valence-corrected chi connectivity index (χ2v) is 5.32. The molecule has 2 aromatic carbocycles. The molecule has 0 radical (unpaired) electrons. The van der Waals surface area contributed by atoms with Crippen molar-refractivity contribution in [3.05, 3.63) is 59.7 Å². The number of hydrogen-bond acceptors (Lipinski definition) is 1. The van der Waals surface area contributed by atoms with E-state index in [1.54, 1.807) is 0 Å². The van der Waals surface area contributed by atoms with Gasteiger partial charge in [-0.15, -0.1) is 0 Å². The average Bonchev–Trinajstić information content (AvgIpc) is 2.45. The van der Waals surface area contributed by atoms with Crippen LogP contribution < -0.4 is 0 Å². The summed E-state index contributed by atoms with van der Waals surface area (Å²) in [5.74, 6) is 0.743. The standard InChI is InChI=1S/C18H19N/c1-14(2)6-7-15-8-10-17(11-9-15)18-5-3-4-16(12-18)13-19/h3-5,8-12,14H,6-7H2,1-2H3. The van der Waals surface area contributed by atoms with Crippen LogP contribution in [0.5, 0.6) is 0 Å². The zero-order chi connectivity index (χ0) is 13.7. The second kappa shape index (κ2) is 6.20. The number of benzene rings is 2. The lowest BCUT2D eigenvalue weighted by Crippen LogP contribution is -1.92. The Labute approximate surface area is 115 Å². The molecule has 0 fully saturated rings. The Hall–Kier alpha value is -2.07. The minimum absolute atomic E-state index is 0.710. The first kappa shape index (κ1) is 13.4. The zero-order valence-corrected chi connectivity index (χ0v) is 11.6. The summed E-state index contributed by atoms with van der Waals surface area (Å²) in [6.45, 7) is 4.50.